The van der Waals surface area contributed by atoms with E-state index in [0.717, 1.165) is 19.4 Å². The average molecular weight is 330 g/mol. The van der Waals surface area contributed by atoms with Crippen molar-refractivity contribution in [2.24, 2.45) is 0 Å². The Kier molecular flexibility index (Phi) is 9.71. The molecule has 0 bridgehead atoms. The van der Waals surface area contributed by atoms with Gasteiger partial charge in [0.2, 0.25) is 5.91 Å². The van der Waals surface area contributed by atoms with Crippen molar-refractivity contribution in [1.82, 2.24) is 10.2 Å². The summed E-state index contributed by atoms with van der Waals surface area (Å²) in [6.45, 7) is 4.46. The van der Waals surface area contributed by atoms with Crippen LogP contribution in [0.3, 0.4) is 0 Å². The molecule has 4 atom stereocenters. The number of aliphatic hydroxyl groups excluding tert-OH is 3. The Morgan fingerprint density at radius 1 is 1.00 bits per heavy atom. The highest BCUT2D eigenvalue weighted by atomic mass is 16.3. The van der Waals surface area contributed by atoms with E-state index in [1.165, 1.54) is 39.0 Å². The molecule has 0 spiro atoms. The van der Waals surface area contributed by atoms with E-state index in [4.69, 9.17) is 0 Å². The number of aliphatic hydroxyl groups is 3. The molecule has 1 fully saturated rings. The number of hydrogen-bond acceptors (Lipinski definition) is 5. The third-order valence-electron chi connectivity index (χ3n) is 4.76. The van der Waals surface area contributed by atoms with E-state index < -0.39 is 18.2 Å². The van der Waals surface area contributed by atoms with E-state index >= 15 is 0 Å². The number of likely N-dealkylation sites (tertiary alicyclic amines) is 1. The Balaban J connectivity index is 2.44. The molecule has 23 heavy (non-hydrogen) atoms. The molecule has 0 aliphatic carbocycles. The Bertz CT molecular complexity index is 341. The highest BCUT2D eigenvalue weighted by Crippen LogP contribution is 2.25. The topological polar surface area (TPSA) is 93.0 Å². The molecule has 136 valence electrons. The number of amides is 1. The number of nitrogens with one attached hydrogen (secondary N) is 1. The maximum Gasteiger partial charge on any atom is 0.216 e. The largest absolute Gasteiger partial charge is 0.395 e. The number of unbranched alkanes of at least 4 members (excludes halogenated alkanes) is 6. The van der Waals surface area contributed by atoms with Crippen molar-refractivity contribution in [1.29, 1.82) is 0 Å². The molecule has 6 nitrogen and oxygen atoms in total. The molecule has 0 aromatic heterocycles. The monoisotopic (exact) mass is 330 g/mol. The summed E-state index contributed by atoms with van der Waals surface area (Å²) in [7, 11) is 0. The first-order chi connectivity index (χ1) is 11.0. The highest BCUT2D eigenvalue weighted by Gasteiger charge is 2.46. The van der Waals surface area contributed by atoms with Gasteiger partial charge in [0.25, 0.3) is 0 Å². The molecule has 4 N–H and O–H groups in total. The van der Waals surface area contributed by atoms with Crippen LogP contribution in [0, 0.1) is 0 Å². The second-order valence-corrected chi connectivity index (χ2v) is 6.59. The number of nitrogens with zero attached hydrogens (tertiary/aromatic N) is 1. The van der Waals surface area contributed by atoms with Gasteiger partial charge in [-0.15, -0.1) is 0 Å². The third-order valence-corrected chi connectivity index (χ3v) is 4.76. The first kappa shape index (κ1) is 20.4. The van der Waals surface area contributed by atoms with E-state index in [-0.39, 0.29) is 18.6 Å². The van der Waals surface area contributed by atoms with Crippen LogP contribution in [-0.2, 0) is 4.79 Å². The molecule has 1 amide bonds. The van der Waals surface area contributed by atoms with Crippen molar-refractivity contribution in [2.75, 3.05) is 19.7 Å². The summed E-state index contributed by atoms with van der Waals surface area (Å²) in [5, 5.41) is 32.5. The smallest absolute Gasteiger partial charge is 0.216 e. The molecular formula is C17H34N2O4. The summed E-state index contributed by atoms with van der Waals surface area (Å²) in [4.78, 5) is 13.1. The zero-order valence-electron chi connectivity index (χ0n) is 14.6. The van der Waals surface area contributed by atoms with Crippen LogP contribution in [0.4, 0.5) is 0 Å². The SMILES string of the molecule is CCCCCCCCCN1[C@H](CO)[C@@H](O)[C@H](O)[C@H]1CNC(C)=O. The van der Waals surface area contributed by atoms with E-state index in [1.54, 1.807) is 0 Å². The van der Waals surface area contributed by atoms with Gasteiger partial charge < -0.3 is 20.6 Å². The van der Waals surface area contributed by atoms with Gasteiger partial charge in [0, 0.05) is 13.5 Å². The van der Waals surface area contributed by atoms with Crippen LogP contribution in [0.25, 0.3) is 0 Å². The first-order valence-electron chi connectivity index (χ1n) is 9.00. The molecule has 0 saturated carbocycles. The highest BCUT2D eigenvalue weighted by molar-refractivity contribution is 5.72. The van der Waals surface area contributed by atoms with Crippen molar-refractivity contribution < 1.29 is 20.1 Å². The van der Waals surface area contributed by atoms with E-state index in [9.17, 15) is 20.1 Å². The van der Waals surface area contributed by atoms with Crippen molar-refractivity contribution in [3.63, 3.8) is 0 Å². The van der Waals surface area contributed by atoms with E-state index in [2.05, 4.69) is 12.2 Å². The van der Waals surface area contributed by atoms with Crippen molar-refractivity contribution in [2.45, 2.75) is 83.1 Å². The summed E-state index contributed by atoms with van der Waals surface area (Å²) >= 11 is 0. The summed E-state index contributed by atoms with van der Waals surface area (Å²) < 4.78 is 0. The van der Waals surface area contributed by atoms with Gasteiger partial charge in [-0.25, -0.2) is 0 Å². The van der Waals surface area contributed by atoms with E-state index in [0.29, 0.717) is 6.54 Å². The van der Waals surface area contributed by atoms with Gasteiger partial charge in [-0.2, -0.15) is 0 Å². The van der Waals surface area contributed by atoms with Gasteiger partial charge in [0.15, 0.2) is 0 Å². The molecule has 0 unspecified atom stereocenters. The van der Waals surface area contributed by atoms with Gasteiger partial charge in [0.1, 0.15) is 0 Å². The van der Waals surface area contributed by atoms with Gasteiger partial charge in [-0.3, -0.25) is 9.69 Å². The number of rotatable bonds is 11. The van der Waals surface area contributed by atoms with Gasteiger partial charge in [-0.1, -0.05) is 45.4 Å². The lowest BCUT2D eigenvalue weighted by atomic mass is 10.1. The molecule has 0 aromatic carbocycles. The third kappa shape index (κ3) is 6.37. The Labute approximate surface area is 139 Å². The zero-order valence-corrected chi connectivity index (χ0v) is 14.6. The van der Waals surface area contributed by atoms with Crippen LogP contribution in [0.1, 0.15) is 58.8 Å². The molecule has 0 aromatic rings. The van der Waals surface area contributed by atoms with Crippen molar-refractivity contribution >= 4 is 5.91 Å². The zero-order chi connectivity index (χ0) is 17.2. The Morgan fingerprint density at radius 3 is 2.13 bits per heavy atom. The molecule has 1 aliphatic rings. The van der Waals surface area contributed by atoms with Crippen LogP contribution >= 0.6 is 0 Å². The summed E-state index contributed by atoms with van der Waals surface area (Å²) in [5.41, 5.74) is 0. The minimum Gasteiger partial charge on any atom is -0.395 e. The van der Waals surface area contributed by atoms with Gasteiger partial charge >= 0.3 is 0 Å². The van der Waals surface area contributed by atoms with Crippen LogP contribution in [0.15, 0.2) is 0 Å². The Morgan fingerprint density at radius 2 is 1.57 bits per heavy atom. The van der Waals surface area contributed by atoms with Gasteiger partial charge in [0.05, 0.1) is 30.9 Å². The minimum atomic E-state index is -0.969. The quantitative estimate of drug-likeness (QED) is 0.417. The second kappa shape index (κ2) is 11.0. The lowest BCUT2D eigenvalue weighted by Crippen LogP contribution is -2.47. The van der Waals surface area contributed by atoms with Crippen LogP contribution in [-0.4, -0.2) is 70.1 Å². The van der Waals surface area contributed by atoms with Crippen LogP contribution in [0.5, 0.6) is 0 Å². The molecule has 1 rings (SSSR count). The van der Waals surface area contributed by atoms with E-state index in [1.807, 2.05) is 4.90 Å². The number of carbonyl (C=O) groups is 1. The number of carbonyl (C=O) groups excluding carboxylic acids is 1. The molecule has 6 heteroatoms. The fraction of sp³-hybridized carbons (Fsp3) is 0.941. The fourth-order valence-corrected chi connectivity index (χ4v) is 3.38. The maximum absolute atomic E-state index is 11.1. The predicted octanol–water partition coefficient (Wildman–Crippen LogP) is 0.640. The van der Waals surface area contributed by atoms with Crippen LogP contribution in [0.2, 0.25) is 0 Å². The second-order valence-electron chi connectivity index (χ2n) is 6.59. The fourth-order valence-electron chi connectivity index (χ4n) is 3.38. The standard InChI is InChI=1S/C17H34N2O4/c1-3-4-5-6-7-8-9-10-19-14(11-18-13(2)21)16(22)17(23)15(19)12-20/h14-17,20,22-23H,3-12H2,1-2H3,(H,18,21)/t14-,15-,16-,17-/m1/s1. The lowest BCUT2D eigenvalue weighted by Gasteiger charge is -2.29. The maximum atomic E-state index is 11.1. The molecular weight excluding hydrogens is 296 g/mol. The van der Waals surface area contributed by atoms with Crippen molar-refractivity contribution in [3.05, 3.63) is 0 Å². The molecule has 0 radical (unpaired) electrons. The predicted molar refractivity (Wildman–Crippen MR) is 90.1 cm³/mol. The Hall–Kier alpha value is -0.690. The first-order valence-corrected chi connectivity index (χ1v) is 9.00. The van der Waals surface area contributed by atoms with Crippen LogP contribution < -0.4 is 5.32 Å². The van der Waals surface area contributed by atoms with Crippen molar-refractivity contribution in [3.8, 4) is 0 Å². The molecule has 1 heterocycles. The normalized spacial score (nSPS) is 28.2. The summed E-state index contributed by atoms with van der Waals surface area (Å²) in [5.74, 6) is -0.157. The molecule has 1 aliphatic heterocycles. The average Bonchev–Trinajstić information content (AvgIpc) is 2.75. The summed E-state index contributed by atoms with van der Waals surface area (Å²) in [6.07, 6.45) is 6.42. The minimum absolute atomic E-state index is 0.157. The molecule has 1 saturated heterocycles. The summed E-state index contributed by atoms with van der Waals surface area (Å²) in [6, 6.07) is -0.796. The van der Waals surface area contributed by atoms with Gasteiger partial charge in [-0.05, 0) is 13.0 Å². The lowest BCUT2D eigenvalue weighted by molar-refractivity contribution is -0.119. The number of hydrogen-bond donors (Lipinski definition) is 4.